The van der Waals surface area contributed by atoms with Gasteiger partial charge in [-0.25, -0.2) is 4.39 Å². The predicted molar refractivity (Wildman–Crippen MR) is 89.6 cm³/mol. The maximum Gasteiger partial charge on any atom is 0.273 e. The van der Waals surface area contributed by atoms with Crippen molar-refractivity contribution in [3.05, 3.63) is 58.4 Å². The lowest BCUT2D eigenvalue weighted by Gasteiger charge is -2.21. The van der Waals surface area contributed by atoms with Crippen molar-refractivity contribution in [1.29, 1.82) is 0 Å². The van der Waals surface area contributed by atoms with Crippen LogP contribution in [0.4, 0.5) is 15.8 Å². The first kappa shape index (κ1) is 18.2. The molecule has 0 N–H and O–H groups in total. The summed E-state index contributed by atoms with van der Waals surface area (Å²) >= 11 is 0. The molecule has 8 heteroatoms. The number of benzene rings is 2. The summed E-state index contributed by atoms with van der Waals surface area (Å²) < 4.78 is 23.5. The van der Waals surface area contributed by atoms with Gasteiger partial charge in [-0.05, 0) is 37.3 Å². The average Bonchev–Trinajstić information content (AvgIpc) is 2.61. The van der Waals surface area contributed by atoms with E-state index in [1.165, 1.54) is 54.5 Å². The Labute approximate surface area is 143 Å². The lowest BCUT2D eigenvalue weighted by atomic mass is 10.2. The molecule has 1 amide bonds. The van der Waals surface area contributed by atoms with Crippen LogP contribution < -0.4 is 14.4 Å². The monoisotopic (exact) mass is 348 g/mol. The predicted octanol–water partition coefficient (Wildman–Crippen LogP) is 3.17. The first-order valence-corrected chi connectivity index (χ1v) is 7.47. The molecule has 2 aromatic carbocycles. The van der Waals surface area contributed by atoms with Crippen LogP contribution in [-0.4, -0.2) is 31.1 Å². The molecule has 0 saturated carbocycles. The van der Waals surface area contributed by atoms with Crippen molar-refractivity contribution in [1.82, 2.24) is 0 Å². The summed E-state index contributed by atoms with van der Waals surface area (Å²) in [4.78, 5) is 24.1. The van der Waals surface area contributed by atoms with Gasteiger partial charge < -0.3 is 14.4 Å². The quantitative estimate of drug-likeness (QED) is 0.567. The van der Waals surface area contributed by atoms with Crippen LogP contribution in [0.3, 0.4) is 0 Å². The zero-order valence-corrected chi connectivity index (χ0v) is 13.8. The number of hydrogen-bond donors (Lipinski definition) is 0. The van der Waals surface area contributed by atoms with Crippen LogP contribution in [0.2, 0.25) is 0 Å². The Morgan fingerprint density at radius 1 is 1.20 bits per heavy atom. The zero-order chi connectivity index (χ0) is 18.4. The van der Waals surface area contributed by atoms with Gasteiger partial charge in [-0.15, -0.1) is 0 Å². The van der Waals surface area contributed by atoms with Crippen molar-refractivity contribution in [2.75, 3.05) is 25.2 Å². The number of nitrogens with zero attached hydrogens (tertiary/aromatic N) is 2. The van der Waals surface area contributed by atoms with Gasteiger partial charge in [-0.1, -0.05) is 0 Å². The molecule has 0 aliphatic carbocycles. The number of rotatable bonds is 7. The number of methoxy groups -OCH3 is 1. The molecule has 0 heterocycles. The van der Waals surface area contributed by atoms with E-state index in [4.69, 9.17) is 9.47 Å². The van der Waals surface area contributed by atoms with Gasteiger partial charge in [0.25, 0.3) is 11.6 Å². The van der Waals surface area contributed by atoms with E-state index in [2.05, 4.69) is 0 Å². The Bertz CT molecular complexity index is 764. The first-order valence-electron chi connectivity index (χ1n) is 7.47. The van der Waals surface area contributed by atoms with Gasteiger partial charge in [-0.2, -0.15) is 0 Å². The number of carbonyl (C=O) groups excluding carboxylic acids is 1. The molecule has 0 aromatic heterocycles. The van der Waals surface area contributed by atoms with Gasteiger partial charge in [0.05, 0.1) is 18.1 Å². The minimum Gasteiger partial charge on any atom is -0.493 e. The summed E-state index contributed by atoms with van der Waals surface area (Å²) in [6.07, 6.45) is 0. The average molecular weight is 348 g/mol. The summed E-state index contributed by atoms with van der Waals surface area (Å²) in [7, 11) is 1.40. The number of nitro groups is 1. The van der Waals surface area contributed by atoms with E-state index >= 15 is 0 Å². The highest BCUT2D eigenvalue weighted by Gasteiger charge is 2.17. The van der Waals surface area contributed by atoms with Gasteiger partial charge >= 0.3 is 0 Å². The molecule has 0 bridgehead atoms. The molecule has 0 radical (unpaired) electrons. The van der Waals surface area contributed by atoms with Crippen molar-refractivity contribution in [2.24, 2.45) is 0 Å². The molecule has 2 aromatic rings. The first-order chi connectivity index (χ1) is 12.0. The number of carbonyl (C=O) groups is 1. The molecule has 7 nitrogen and oxygen atoms in total. The van der Waals surface area contributed by atoms with Crippen molar-refractivity contribution >= 4 is 17.3 Å². The highest BCUT2D eigenvalue weighted by Crippen LogP contribution is 2.31. The molecule has 0 aliphatic rings. The third-order valence-electron chi connectivity index (χ3n) is 3.46. The molecule has 0 fully saturated rings. The third-order valence-corrected chi connectivity index (χ3v) is 3.46. The SMILES string of the molecule is CCN(C(=O)COc1cc([N+](=O)[O-])ccc1OC)c1ccc(F)cc1. The molecule has 0 atom stereocenters. The Morgan fingerprint density at radius 2 is 1.88 bits per heavy atom. The number of nitro benzene ring substituents is 1. The smallest absolute Gasteiger partial charge is 0.273 e. The second-order valence-electron chi connectivity index (χ2n) is 5.00. The number of non-ortho nitro benzene ring substituents is 1. The number of amides is 1. The van der Waals surface area contributed by atoms with E-state index in [1.807, 2.05) is 0 Å². The van der Waals surface area contributed by atoms with E-state index in [0.29, 0.717) is 12.2 Å². The Kier molecular flexibility index (Phi) is 5.89. The lowest BCUT2D eigenvalue weighted by molar-refractivity contribution is -0.385. The molecule has 0 saturated heterocycles. The summed E-state index contributed by atoms with van der Waals surface area (Å²) in [5, 5.41) is 10.9. The largest absolute Gasteiger partial charge is 0.493 e. The molecule has 2 rings (SSSR count). The van der Waals surface area contributed by atoms with Crippen LogP contribution in [0.1, 0.15) is 6.92 Å². The van der Waals surface area contributed by atoms with Crippen LogP contribution in [-0.2, 0) is 4.79 Å². The van der Waals surface area contributed by atoms with Gasteiger partial charge in [-0.3, -0.25) is 14.9 Å². The normalized spacial score (nSPS) is 10.2. The van der Waals surface area contributed by atoms with Crippen LogP contribution in [0.25, 0.3) is 0 Å². The van der Waals surface area contributed by atoms with Gasteiger partial charge in [0.1, 0.15) is 5.82 Å². The number of halogens is 1. The summed E-state index contributed by atoms with van der Waals surface area (Å²) in [5.74, 6) is -0.393. The van der Waals surface area contributed by atoms with Crippen molar-refractivity contribution < 1.29 is 23.6 Å². The molecule has 0 aliphatic heterocycles. The van der Waals surface area contributed by atoms with Gasteiger partial charge in [0.2, 0.25) is 0 Å². The molecular formula is C17H17FN2O5. The second kappa shape index (κ2) is 8.09. The Balaban J connectivity index is 2.13. The van der Waals surface area contributed by atoms with Gasteiger partial charge in [0, 0.05) is 18.3 Å². The molecule has 0 spiro atoms. The van der Waals surface area contributed by atoms with E-state index in [9.17, 15) is 19.3 Å². The summed E-state index contributed by atoms with van der Waals surface area (Å²) in [6, 6.07) is 9.38. The highest BCUT2D eigenvalue weighted by molar-refractivity contribution is 5.94. The van der Waals surface area contributed by atoms with E-state index in [0.717, 1.165) is 0 Å². The number of anilines is 1. The lowest BCUT2D eigenvalue weighted by Crippen LogP contribution is -2.34. The summed E-state index contributed by atoms with van der Waals surface area (Å²) in [5.41, 5.74) is 0.359. The number of ether oxygens (including phenoxy) is 2. The topological polar surface area (TPSA) is 81.9 Å². The number of hydrogen-bond acceptors (Lipinski definition) is 5. The van der Waals surface area contributed by atoms with E-state index in [-0.39, 0.29) is 29.7 Å². The van der Waals surface area contributed by atoms with Crippen molar-refractivity contribution in [3.63, 3.8) is 0 Å². The highest BCUT2D eigenvalue weighted by atomic mass is 19.1. The summed E-state index contributed by atoms with van der Waals surface area (Å²) in [6.45, 7) is 1.79. The van der Waals surface area contributed by atoms with Crippen LogP contribution in [0, 0.1) is 15.9 Å². The fraction of sp³-hybridized carbons (Fsp3) is 0.235. The minimum absolute atomic E-state index is 0.0974. The zero-order valence-electron chi connectivity index (χ0n) is 13.8. The van der Waals surface area contributed by atoms with Crippen LogP contribution in [0.5, 0.6) is 11.5 Å². The van der Waals surface area contributed by atoms with Crippen LogP contribution >= 0.6 is 0 Å². The van der Waals surface area contributed by atoms with Gasteiger partial charge in [0.15, 0.2) is 18.1 Å². The maximum absolute atomic E-state index is 13.0. The molecular weight excluding hydrogens is 331 g/mol. The molecule has 132 valence electrons. The Morgan fingerprint density at radius 3 is 2.44 bits per heavy atom. The van der Waals surface area contributed by atoms with E-state index in [1.54, 1.807) is 6.92 Å². The van der Waals surface area contributed by atoms with Crippen LogP contribution in [0.15, 0.2) is 42.5 Å². The minimum atomic E-state index is -0.565. The fourth-order valence-corrected chi connectivity index (χ4v) is 2.23. The third kappa shape index (κ3) is 4.43. The van der Waals surface area contributed by atoms with Crippen molar-refractivity contribution in [2.45, 2.75) is 6.92 Å². The van der Waals surface area contributed by atoms with E-state index < -0.39 is 10.7 Å². The maximum atomic E-state index is 13.0. The fourth-order valence-electron chi connectivity index (χ4n) is 2.23. The molecule has 0 unspecified atom stereocenters. The number of likely N-dealkylation sites (N-methyl/N-ethyl adjacent to an activating group) is 1. The Hall–Kier alpha value is -3.16. The molecule has 25 heavy (non-hydrogen) atoms. The second-order valence-corrected chi connectivity index (χ2v) is 5.00. The van der Waals surface area contributed by atoms with Crippen molar-refractivity contribution in [3.8, 4) is 11.5 Å². The standard InChI is InChI=1S/C17H17FN2O5/c1-3-19(13-6-4-12(18)5-7-13)17(21)11-25-16-10-14(20(22)23)8-9-15(16)24-2/h4-10H,3,11H2,1-2H3.